The maximum absolute atomic E-state index is 13.8. The van der Waals surface area contributed by atoms with E-state index in [9.17, 15) is 8.78 Å². The van der Waals surface area contributed by atoms with Crippen molar-refractivity contribution in [2.75, 3.05) is 0 Å². The van der Waals surface area contributed by atoms with E-state index in [1.807, 2.05) is 19.1 Å². The topological polar surface area (TPSA) is 0 Å². The van der Waals surface area contributed by atoms with E-state index in [1.54, 1.807) is 18.3 Å². The van der Waals surface area contributed by atoms with Crippen molar-refractivity contribution in [1.29, 1.82) is 0 Å². The molecule has 17 heavy (non-hydrogen) atoms. The number of hydrogen-bond acceptors (Lipinski definition) is 1. The summed E-state index contributed by atoms with van der Waals surface area (Å²) in [5.41, 5.74) is 0.670. The van der Waals surface area contributed by atoms with E-state index in [4.69, 9.17) is 0 Å². The third-order valence-corrected chi connectivity index (χ3v) is 4.92. The number of halogens is 3. The van der Waals surface area contributed by atoms with E-state index >= 15 is 0 Å². The van der Waals surface area contributed by atoms with Crippen LogP contribution in [0.3, 0.4) is 0 Å². The third-order valence-electron chi connectivity index (χ3n) is 2.56. The second-order valence-corrected chi connectivity index (χ2v) is 6.17. The average molecular weight is 317 g/mol. The highest BCUT2D eigenvalue weighted by Gasteiger charge is 2.18. The Kier molecular flexibility index (Phi) is 3.64. The van der Waals surface area contributed by atoms with Crippen molar-refractivity contribution in [1.82, 2.24) is 0 Å². The highest BCUT2D eigenvalue weighted by atomic mass is 79.9. The summed E-state index contributed by atoms with van der Waals surface area (Å²) in [5, 5.41) is 0. The summed E-state index contributed by atoms with van der Waals surface area (Å²) in [6.45, 7) is 3.54. The number of thiophene rings is 1. The van der Waals surface area contributed by atoms with Gasteiger partial charge < -0.3 is 0 Å². The van der Waals surface area contributed by atoms with Crippen LogP contribution in [-0.2, 0) is 0 Å². The summed E-state index contributed by atoms with van der Waals surface area (Å²) in [6, 6.07) is 6.39. The fourth-order valence-electron chi connectivity index (χ4n) is 1.60. The standard InChI is InChI=1S/C13H11BrF2S/c1-7-5-11(16)9(6-10(7)15)13(14)12-4-3-8(2)17-12/h3-6,13H,1-2H3. The molecule has 2 rings (SSSR count). The molecule has 4 heteroatoms. The molecular formula is C13H11BrF2S. The lowest BCUT2D eigenvalue weighted by molar-refractivity contribution is 0.581. The first kappa shape index (κ1) is 12.7. The third kappa shape index (κ3) is 2.58. The van der Waals surface area contributed by atoms with Crippen LogP contribution >= 0.6 is 27.3 Å². The molecule has 1 atom stereocenters. The van der Waals surface area contributed by atoms with Gasteiger partial charge in [0, 0.05) is 15.3 Å². The van der Waals surface area contributed by atoms with Crippen LogP contribution in [0.25, 0.3) is 0 Å². The van der Waals surface area contributed by atoms with Crippen LogP contribution in [0.4, 0.5) is 8.78 Å². The van der Waals surface area contributed by atoms with Gasteiger partial charge in [-0.05, 0) is 43.7 Å². The van der Waals surface area contributed by atoms with Crippen molar-refractivity contribution in [3.05, 3.63) is 56.8 Å². The number of benzene rings is 1. The first-order chi connectivity index (χ1) is 7.99. The molecule has 0 saturated heterocycles. The molecule has 0 spiro atoms. The van der Waals surface area contributed by atoms with E-state index in [2.05, 4.69) is 15.9 Å². The zero-order valence-corrected chi connectivity index (χ0v) is 11.8. The lowest BCUT2D eigenvalue weighted by atomic mass is 10.1. The van der Waals surface area contributed by atoms with Gasteiger partial charge in [0.15, 0.2) is 0 Å². The molecule has 2 aromatic rings. The monoisotopic (exact) mass is 316 g/mol. The Bertz CT molecular complexity index is 548. The summed E-state index contributed by atoms with van der Waals surface area (Å²) in [4.78, 5) is 1.83. The number of rotatable bonds is 2. The number of aryl methyl sites for hydroxylation is 2. The molecule has 0 aliphatic rings. The van der Waals surface area contributed by atoms with Gasteiger partial charge in [0.05, 0.1) is 4.83 Å². The minimum atomic E-state index is -0.378. The Morgan fingerprint density at radius 2 is 1.82 bits per heavy atom. The molecule has 0 nitrogen and oxygen atoms in total. The summed E-state index contributed by atoms with van der Waals surface area (Å²) in [7, 11) is 0. The van der Waals surface area contributed by atoms with Crippen molar-refractivity contribution in [3.8, 4) is 0 Å². The van der Waals surface area contributed by atoms with E-state index in [-0.39, 0.29) is 16.5 Å². The van der Waals surface area contributed by atoms with E-state index in [0.29, 0.717) is 11.1 Å². The largest absolute Gasteiger partial charge is 0.207 e. The van der Waals surface area contributed by atoms with Gasteiger partial charge in [-0.25, -0.2) is 8.78 Å². The quantitative estimate of drug-likeness (QED) is 0.674. The van der Waals surface area contributed by atoms with Gasteiger partial charge in [-0.15, -0.1) is 11.3 Å². The Morgan fingerprint density at radius 3 is 2.41 bits per heavy atom. The zero-order chi connectivity index (χ0) is 12.6. The first-order valence-corrected chi connectivity index (χ1v) is 6.88. The highest BCUT2D eigenvalue weighted by molar-refractivity contribution is 9.09. The summed E-state index contributed by atoms with van der Waals surface area (Å²) in [5.74, 6) is -0.754. The van der Waals surface area contributed by atoms with Crippen molar-refractivity contribution >= 4 is 27.3 Å². The molecule has 0 fully saturated rings. The van der Waals surface area contributed by atoms with Crippen molar-refractivity contribution in [2.45, 2.75) is 18.7 Å². The minimum absolute atomic E-state index is 0.295. The van der Waals surface area contributed by atoms with Crippen LogP contribution in [-0.4, -0.2) is 0 Å². The summed E-state index contributed by atoms with van der Waals surface area (Å²) >= 11 is 4.99. The summed E-state index contributed by atoms with van der Waals surface area (Å²) in [6.07, 6.45) is 0. The first-order valence-electron chi connectivity index (χ1n) is 5.15. The molecule has 1 heterocycles. The molecule has 90 valence electrons. The van der Waals surface area contributed by atoms with E-state index in [0.717, 1.165) is 9.75 Å². The van der Waals surface area contributed by atoms with Crippen molar-refractivity contribution < 1.29 is 8.78 Å². The van der Waals surface area contributed by atoms with Gasteiger partial charge in [0.2, 0.25) is 0 Å². The Balaban J connectivity index is 2.43. The van der Waals surface area contributed by atoms with Crippen LogP contribution in [0.15, 0.2) is 24.3 Å². The summed E-state index contributed by atoms with van der Waals surface area (Å²) < 4.78 is 27.2. The van der Waals surface area contributed by atoms with Gasteiger partial charge in [0.1, 0.15) is 11.6 Å². The average Bonchev–Trinajstić information content (AvgIpc) is 2.69. The molecule has 1 aromatic heterocycles. The van der Waals surface area contributed by atoms with Crippen molar-refractivity contribution in [2.24, 2.45) is 0 Å². The second kappa shape index (κ2) is 4.86. The molecule has 0 saturated carbocycles. The normalized spacial score (nSPS) is 12.8. The Labute approximate surface area is 111 Å². The maximum Gasteiger partial charge on any atom is 0.128 e. The lowest BCUT2D eigenvalue weighted by Gasteiger charge is -2.10. The Morgan fingerprint density at radius 1 is 1.12 bits per heavy atom. The molecule has 1 unspecified atom stereocenters. The second-order valence-electron chi connectivity index (χ2n) is 3.93. The van der Waals surface area contributed by atoms with Crippen LogP contribution in [0.2, 0.25) is 0 Å². The van der Waals surface area contributed by atoms with Gasteiger partial charge in [0.25, 0.3) is 0 Å². The molecule has 0 aliphatic carbocycles. The van der Waals surface area contributed by atoms with E-state index in [1.165, 1.54) is 12.1 Å². The molecule has 0 bridgehead atoms. The van der Waals surface area contributed by atoms with Crippen LogP contribution in [0.1, 0.15) is 25.7 Å². The SMILES string of the molecule is Cc1ccc(C(Br)c2cc(F)c(C)cc2F)s1. The van der Waals surface area contributed by atoms with Crippen LogP contribution < -0.4 is 0 Å². The smallest absolute Gasteiger partial charge is 0.128 e. The van der Waals surface area contributed by atoms with Crippen LogP contribution in [0.5, 0.6) is 0 Å². The highest BCUT2D eigenvalue weighted by Crippen LogP contribution is 2.37. The Hall–Kier alpha value is -0.740. The van der Waals surface area contributed by atoms with Gasteiger partial charge in [-0.2, -0.15) is 0 Å². The fraction of sp³-hybridized carbons (Fsp3) is 0.231. The number of hydrogen-bond donors (Lipinski definition) is 0. The zero-order valence-electron chi connectivity index (χ0n) is 9.43. The fourth-order valence-corrected chi connectivity index (χ4v) is 3.26. The maximum atomic E-state index is 13.8. The van der Waals surface area contributed by atoms with Crippen LogP contribution in [0, 0.1) is 25.5 Å². The van der Waals surface area contributed by atoms with Gasteiger partial charge in [-0.3, -0.25) is 0 Å². The van der Waals surface area contributed by atoms with Crippen molar-refractivity contribution in [3.63, 3.8) is 0 Å². The van der Waals surface area contributed by atoms with Gasteiger partial charge in [-0.1, -0.05) is 15.9 Å². The number of alkyl halides is 1. The van der Waals surface area contributed by atoms with E-state index < -0.39 is 0 Å². The van der Waals surface area contributed by atoms with Gasteiger partial charge >= 0.3 is 0 Å². The minimum Gasteiger partial charge on any atom is -0.207 e. The lowest BCUT2D eigenvalue weighted by Crippen LogP contribution is -1.97. The molecule has 1 aromatic carbocycles. The molecule has 0 amide bonds. The molecule has 0 radical (unpaired) electrons. The molecular weight excluding hydrogens is 306 g/mol. The molecule has 0 aliphatic heterocycles. The molecule has 0 N–H and O–H groups in total. The predicted octanol–water partition coefficient (Wildman–Crippen LogP) is 5.13. The predicted molar refractivity (Wildman–Crippen MR) is 70.9 cm³/mol.